The highest BCUT2D eigenvalue weighted by atomic mass is 16.5. The van der Waals surface area contributed by atoms with Crippen molar-refractivity contribution in [2.45, 2.75) is 20.0 Å². The van der Waals surface area contributed by atoms with Crippen LogP contribution in [0.4, 0.5) is 0 Å². The number of aromatic nitrogens is 2. The first kappa shape index (κ1) is 27.7. The average Bonchev–Trinajstić information content (AvgIpc) is 2.90. The lowest BCUT2D eigenvalue weighted by molar-refractivity contribution is 0.0585. The molecule has 0 unspecified atom stereocenters. The third-order valence-electron chi connectivity index (χ3n) is 6.30. The van der Waals surface area contributed by atoms with Gasteiger partial charge in [0.1, 0.15) is 11.4 Å². The van der Waals surface area contributed by atoms with Crippen LogP contribution < -0.4 is 5.32 Å². The van der Waals surface area contributed by atoms with Crippen molar-refractivity contribution in [2.75, 3.05) is 73.1 Å². The number of likely N-dealkylation sites (N-methyl/N-ethyl adjacent to an activating group) is 1. The molecule has 3 rings (SSSR count). The van der Waals surface area contributed by atoms with Crippen LogP contribution in [-0.2, 0) is 22.6 Å². The van der Waals surface area contributed by atoms with Gasteiger partial charge in [-0.3, -0.25) is 9.80 Å². The van der Waals surface area contributed by atoms with Gasteiger partial charge in [-0.25, -0.2) is 19.6 Å². The van der Waals surface area contributed by atoms with Crippen LogP contribution in [0, 0.1) is 0 Å². The number of hydrogen-bond donors (Lipinski definition) is 1. The van der Waals surface area contributed by atoms with Gasteiger partial charge < -0.3 is 19.7 Å². The van der Waals surface area contributed by atoms with E-state index >= 15 is 0 Å². The van der Waals surface area contributed by atoms with E-state index in [1.54, 1.807) is 12.1 Å². The van der Waals surface area contributed by atoms with Crippen molar-refractivity contribution in [3.63, 3.8) is 0 Å². The van der Waals surface area contributed by atoms with Gasteiger partial charge in [-0.05, 0) is 30.8 Å². The second kappa shape index (κ2) is 14.6. The molecule has 1 aliphatic rings. The fourth-order valence-electron chi connectivity index (χ4n) is 4.16. The van der Waals surface area contributed by atoms with Crippen LogP contribution >= 0.6 is 0 Å². The highest BCUT2D eigenvalue weighted by Crippen LogP contribution is 2.08. The van der Waals surface area contributed by atoms with Crippen LogP contribution in [0.25, 0.3) is 0 Å². The van der Waals surface area contributed by atoms with Gasteiger partial charge in [0.25, 0.3) is 0 Å². The van der Waals surface area contributed by atoms with Gasteiger partial charge in [0.2, 0.25) is 0 Å². The van der Waals surface area contributed by atoms with Crippen LogP contribution in [0.5, 0.6) is 0 Å². The number of methoxy groups -OCH3 is 2. The van der Waals surface area contributed by atoms with Crippen molar-refractivity contribution in [3.8, 4) is 0 Å². The summed E-state index contributed by atoms with van der Waals surface area (Å²) in [6, 6.07) is 11.0. The third kappa shape index (κ3) is 8.63. The van der Waals surface area contributed by atoms with Crippen molar-refractivity contribution in [1.29, 1.82) is 0 Å². The molecule has 36 heavy (non-hydrogen) atoms. The van der Waals surface area contributed by atoms with E-state index in [2.05, 4.69) is 36.9 Å². The number of carbonyl (C=O) groups excluding carboxylic acids is 2. The minimum atomic E-state index is -0.416. The molecule has 0 aromatic carbocycles. The fraction of sp³-hybridized carbons (Fsp3) is 0.538. The SMILES string of the molecule is CCN1CCN(Cc2cccc(C(=O)OC)n2)CCNCCN(Cc2cccc(C(=O)OC)n2)CC1. The zero-order chi connectivity index (χ0) is 25.8. The van der Waals surface area contributed by atoms with E-state index in [9.17, 15) is 9.59 Å². The monoisotopic (exact) mass is 498 g/mol. The second-order valence-corrected chi connectivity index (χ2v) is 8.75. The Morgan fingerprint density at radius 2 is 1.19 bits per heavy atom. The summed E-state index contributed by atoms with van der Waals surface area (Å²) in [5.74, 6) is -0.831. The Labute approximate surface area is 213 Å². The Morgan fingerprint density at radius 1 is 0.750 bits per heavy atom. The van der Waals surface area contributed by atoms with E-state index in [1.165, 1.54) is 14.2 Å². The Kier molecular flexibility index (Phi) is 11.2. The van der Waals surface area contributed by atoms with Gasteiger partial charge >= 0.3 is 11.9 Å². The Balaban J connectivity index is 1.60. The average molecular weight is 499 g/mol. The lowest BCUT2D eigenvalue weighted by atomic mass is 10.2. The third-order valence-corrected chi connectivity index (χ3v) is 6.30. The molecule has 1 aliphatic heterocycles. The molecule has 1 fully saturated rings. The lowest BCUT2D eigenvalue weighted by Gasteiger charge is -2.31. The lowest BCUT2D eigenvalue weighted by Crippen LogP contribution is -2.44. The maximum absolute atomic E-state index is 11.9. The largest absolute Gasteiger partial charge is 0.464 e. The highest BCUT2D eigenvalue weighted by Gasteiger charge is 2.16. The molecule has 196 valence electrons. The zero-order valence-electron chi connectivity index (χ0n) is 21.6. The molecule has 0 bridgehead atoms. The number of hydrogen-bond acceptors (Lipinski definition) is 10. The molecule has 3 heterocycles. The van der Waals surface area contributed by atoms with Crippen LogP contribution in [-0.4, -0.2) is 110 Å². The van der Waals surface area contributed by atoms with Crippen LogP contribution in [0.1, 0.15) is 39.3 Å². The van der Waals surface area contributed by atoms with Crippen LogP contribution in [0.2, 0.25) is 0 Å². The van der Waals surface area contributed by atoms with Crippen LogP contribution in [0.15, 0.2) is 36.4 Å². The fourth-order valence-corrected chi connectivity index (χ4v) is 4.16. The van der Waals surface area contributed by atoms with E-state index < -0.39 is 11.9 Å². The molecule has 10 heteroatoms. The van der Waals surface area contributed by atoms with E-state index in [4.69, 9.17) is 9.47 Å². The maximum atomic E-state index is 11.9. The second-order valence-electron chi connectivity index (χ2n) is 8.75. The first-order valence-corrected chi connectivity index (χ1v) is 12.5. The molecule has 0 radical (unpaired) electrons. The molecule has 0 aliphatic carbocycles. The van der Waals surface area contributed by atoms with E-state index in [1.807, 2.05) is 24.3 Å². The zero-order valence-corrected chi connectivity index (χ0v) is 21.6. The minimum absolute atomic E-state index is 0.337. The number of ether oxygens (including phenoxy) is 2. The summed E-state index contributed by atoms with van der Waals surface area (Å²) in [6.45, 7) is 11.7. The Hall–Kier alpha value is -2.92. The van der Waals surface area contributed by atoms with Crippen LogP contribution in [0.3, 0.4) is 0 Å². The summed E-state index contributed by atoms with van der Waals surface area (Å²) in [5, 5.41) is 3.55. The molecule has 0 saturated carbocycles. The molecule has 1 N–H and O–H groups in total. The standard InChI is InChI=1S/C26H38N6O4/c1-4-30-15-17-31(19-21-7-5-9-23(28-21)25(33)35-2)13-11-27-12-14-32(18-16-30)20-22-8-6-10-24(29-22)26(34)36-3/h5-10,27H,4,11-20H2,1-3H3. The molecule has 10 nitrogen and oxygen atoms in total. The first-order chi connectivity index (χ1) is 17.5. The van der Waals surface area contributed by atoms with Gasteiger partial charge in [0, 0.05) is 65.4 Å². The van der Waals surface area contributed by atoms with Gasteiger partial charge in [-0.1, -0.05) is 19.1 Å². The molecule has 2 aromatic heterocycles. The summed E-state index contributed by atoms with van der Waals surface area (Å²) in [7, 11) is 2.74. The van der Waals surface area contributed by atoms with Gasteiger partial charge in [0.05, 0.1) is 25.6 Å². The molecule has 0 spiro atoms. The number of carbonyl (C=O) groups is 2. The summed E-state index contributed by atoms with van der Waals surface area (Å²) < 4.78 is 9.62. The van der Waals surface area contributed by atoms with E-state index in [0.717, 1.165) is 70.3 Å². The summed E-state index contributed by atoms with van der Waals surface area (Å²) in [6.07, 6.45) is 0. The molecular weight excluding hydrogens is 460 g/mol. The first-order valence-electron chi connectivity index (χ1n) is 12.5. The highest BCUT2D eigenvalue weighted by molar-refractivity contribution is 5.87. The molecule has 1 saturated heterocycles. The normalized spacial score (nSPS) is 17.1. The smallest absolute Gasteiger partial charge is 0.356 e. The quantitative estimate of drug-likeness (QED) is 0.562. The van der Waals surface area contributed by atoms with Gasteiger partial charge in [-0.15, -0.1) is 0 Å². The predicted octanol–water partition coefficient (Wildman–Crippen LogP) is 1.28. The molecule has 2 aromatic rings. The van der Waals surface area contributed by atoms with Crippen molar-refractivity contribution in [3.05, 3.63) is 59.2 Å². The van der Waals surface area contributed by atoms with Crippen molar-refractivity contribution in [1.82, 2.24) is 30.0 Å². The Morgan fingerprint density at radius 3 is 1.61 bits per heavy atom. The number of pyridine rings is 2. The van der Waals surface area contributed by atoms with Gasteiger partial charge in [-0.2, -0.15) is 0 Å². The predicted molar refractivity (Wildman–Crippen MR) is 137 cm³/mol. The molecular formula is C26H38N6O4. The number of nitrogens with one attached hydrogen (secondary N) is 1. The number of esters is 2. The maximum Gasteiger partial charge on any atom is 0.356 e. The number of rotatable bonds is 7. The topological polar surface area (TPSA) is 100 Å². The molecule has 0 atom stereocenters. The van der Waals surface area contributed by atoms with Crippen molar-refractivity contribution < 1.29 is 19.1 Å². The molecule has 0 amide bonds. The van der Waals surface area contributed by atoms with E-state index in [0.29, 0.717) is 24.5 Å². The van der Waals surface area contributed by atoms with Crippen molar-refractivity contribution in [2.24, 2.45) is 0 Å². The Bertz CT molecular complexity index is 913. The van der Waals surface area contributed by atoms with Crippen molar-refractivity contribution >= 4 is 11.9 Å². The summed E-state index contributed by atoms with van der Waals surface area (Å²) >= 11 is 0. The minimum Gasteiger partial charge on any atom is -0.464 e. The number of nitrogens with zero attached hydrogens (tertiary/aromatic N) is 5. The van der Waals surface area contributed by atoms with E-state index in [-0.39, 0.29) is 0 Å². The summed E-state index contributed by atoms with van der Waals surface area (Å²) in [5.41, 5.74) is 2.40. The van der Waals surface area contributed by atoms with Gasteiger partial charge in [0.15, 0.2) is 0 Å². The summed E-state index contributed by atoms with van der Waals surface area (Å²) in [4.78, 5) is 39.9.